The molecule has 6 heteroatoms. The topological polar surface area (TPSA) is 57.2 Å². The molecule has 116 valence electrons. The second kappa shape index (κ2) is 7.17. The molecule has 0 unspecified atom stereocenters. The van der Waals surface area contributed by atoms with Crippen LogP contribution in [0.5, 0.6) is 0 Å². The van der Waals surface area contributed by atoms with Crippen molar-refractivity contribution >= 4 is 11.8 Å². The molecule has 2 aromatic rings. The van der Waals surface area contributed by atoms with Crippen LogP contribution >= 0.6 is 0 Å². The van der Waals surface area contributed by atoms with Crippen LogP contribution in [-0.2, 0) is 0 Å². The van der Waals surface area contributed by atoms with Gasteiger partial charge in [-0.25, -0.2) is 15.0 Å². The maximum Gasteiger partial charge on any atom is 0.225 e. The van der Waals surface area contributed by atoms with Crippen LogP contribution in [0.15, 0.2) is 36.7 Å². The summed E-state index contributed by atoms with van der Waals surface area (Å²) in [6.45, 7) is 8.00. The molecule has 0 bridgehead atoms. The van der Waals surface area contributed by atoms with Crippen molar-refractivity contribution in [2.75, 3.05) is 49.5 Å². The van der Waals surface area contributed by atoms with Gasteiger partial charge in [-0.05, 0) is 25.1 Å². The van der Waals surface area contributed by atoms with E-state index in [4.69, 9.17) is 0 Å². The molecule has 0 aromatic carbocycles. The van der Waals surface area contributed by atoms with Gasteiger partial charge in [0.25, 0.3) is 0 Å². The van der Waals surface area contributed by atoms with Gasteiger partial charge in [-0.15, -0.1) is 0 Å². The van der Waals surface area contributed by atoms with Crippen molar-refractivity contribution in [2.45, 2.75) is 6.92 Å². The summed E-state index contributed by atoms with van der Waals surface area (Å²) in [6.07, 6.45) is 3.60. The van der Waals surface area contributed by atoms with Crippen molar-refractivity contribution in [3.63, 3.8) is 0 Å². The number of rotatable bonds is 5. The maximum atomic E-state index is 4.45. The van der Waals surface area contributed by atoms with Crippen LogP contribution in [0.3, 0.4) is 0 Å². The summed E-state index contributed by atoms with van der Waals surface area (Å²) in [7, 11) is 0. The quantitative estimate of drug-likeness (QED) is 0.901. The molecular formula is C16H22N6. The Labute approximate surface area is 131 Å². The molecule has 3 rings (SSSR count). The third-order valence-electron chi connectivity index (χ3n) is 3.83. The minimum atomic E-state index is 0.837. The molecule has 1 saturated heterocycles. The lowest BCUT2D eigenvalue weighted by molar-refractivity contribution is 0.266. The largest absolute Gasteiger partial charge is 0.369 e. The van der Waals surface area contributed by atoms with E-state index in [0.29, 0.717) is 0 Å². The fourth-order valence-corrected chi connectivity index (χ4v) is 2.61. The van der Waals surface area contributed by atoms with E-state index in [2.05, 4.69) is 30.1 Å². The van der Waals surface area contributed by atoms with Crippen LogP contribution in [0, 0.1) is 6.92 Å². The summed E-state index contributed by atoms with van der Waals surface area (Å²) in [5.41, 5.74) is 1.04. The number of piperazine rings is 1. The van der Waals surface area contributed by atoms with E-state index in [1.807, 2.05) is 31.2 Å². The predicted molar refractivity (Wildman–Crippen MR) is 88.1 cm³/mol. The molecule has 0 spiro atoms. The summed E-state index contributed by atoms with van der Waals surface area (Å²) in [5, 5.41) is 3.38. The van der Waals surface area contributed by atoms with E-state index in [1.165, 1.54) is 0 Å². The van der Waals surface area contributed by atoms with Crippen LogP contribution in [0.4, 0.5) is 11.8 Å². The highest BCUT2D eigenvalue weighted by Gasteiger charge is 2.18. The van der Waals surface area contributed by atoms with Crippen LogP contribution < -0.4 is 10.2 Å². The number of hydrogen-bond acceptors (Lipinski definition) is 6. The lowest BCUT2D eigenvalue weighted by atomic mass is 10.3. The van der Waals surface area contributed by atoms with Gasteiger partial charge in [0.1, 0.15) is 5.82 Å². The van der Waals surface area contributed by atoms with Crippen LogP contribution in [0.2, 0.25) is 0 Å². The van der Waals surface area contributed by atoms with E-state index < -0.39 is 0 Å². The van der Waals surface area contributed by atoms with Gasteiger partial charge in [0, 0.05) is 57.4 Å². The van der Waals surface area contributed by atoms with Gasteiger partial charge in [0.15, 0.2) is 0 Å². The molecule has 1 N–H and O–H groups in total. The number of pyridine rings is 1. The Balaban J connectivity index is 1.41. The zero-order valence-corrected chi connectivity index (χ0v) is 12.9. The first kappa shape index (κ1) is 14.7. The van der Waals surface area contributed by atoms with E-state index in [-0.39, 0.29) is 0 Å². The van der Waals surface area contributed by atoms with Crippen LogP contribution in [0.1, 0.15) is 5.69 Å². The van der Waals surface area contributed by atoms with E-state index >= 15 is 0 Å². The molecule has 3 heterocycles. The van der Waals surface area contributed by atoms with Gasteiger partial charge in [0.05, 0.1) is 0 Å². The Morgan fingerprint density at radius 3 is 2.55 bits per heavy atom. The van der Waals surface area contributed by atoms with E-state index in [9.17, 15) is 0 Å². The Morgan fingerprint density at radius 1 is 1.05 bits per heavy atom. The minimum Gasteiger partial charge on any atom is -0.369 e. The molecule has 1 aliphatic rings. The molecular weight excluding hydrogens is 276 g/mol. The molecule has 0 radical (unpaired) electrons. The zero-order chi connectivity index (χ0) is 15.2. The number of nitrogens with one attached hydrogen (secondary N) is 1. The third-order valence-corrected chi connectivity index (χ3v) is 3.83. The fraction of sp³-hybridized carbons (Fsp3) is 0.438. The summed E-state index contributed by atoms with van der Waals surface area (Å²) >= 11 is 0. The molecule has 1 aliphatic heterocycles. The lowest BCUT2D eigenvalue weighted by Crippen LogP contribution is -2.48. The van der Waals surface area contributed by atoms with Crippen LogP contribution in [-0.4, -0.2) is 59.1 Å². The molecule has 0 aliphatic carbocycles. The number of nitrogens with zero attached hydrogens (tertiary/aromatic N) is 5. The highest BCUT2D eigenvalue weighted by molar-refractivity contribution is 5.35. The Bertz CT molecular complexity index is 580. The lowest BCUT2D eigenvalue weighted by Gasteiger charge is -2.34. The zero-order valence-electron chi connectivity index (χ0n) is 12.9. The van der Waals surface area contributed by atoms with Crippen molar-refractivity contribution < 1.29 is 0 Å². The average molecular weight is 298 g/mol. The highest BCUT2D eigenvalue weighted by atomic mass is 15.3. The van der Waals surface area contributed by atoms with Crippen molar-refractivity contribution in [2.24, 2.45) is 0 Å². The summed E-state index contributed by atoms with van der Waals surface area (Å²) < 4.78 is 0. The highest BCUT2D eigenvalue weighted by Crippen LogP contribution is 2.09. The molecule has 2 aromatic heterocycles. The number of anilines is 2. The molecule has 22 heavy (non-hydrogen) atoms. The third kappa shape index (κ3) is 3.92. The van der Waals surface area contributed by atoms with Gasteiger partial charge in [-0.2, -0.15) is 0 Å². The summed E-state index contributed by atoms with van der Waals surface area (Å²) in [6, 6.07) is 7.90. The number of aryl methyl sites for hydroxylation is 1. The smallest absolute Gasteiger partial charge is 0.225 e. The molecule has 0 saturated carbocycles. The number of aromatic nitrogens is 3. The van der Waals surface area contributed by atoms with Gasteiger partial charge in [-0.1, -0.05) is 6.07 Å². The van der Waals surface area contributed by atoms with Gasteiger partial charge < -0.3 is 10.2 Å². The second-order valence-corrected chi connectivity index (χ2v) is 5.47. The first-order valence-corrected chi connectivity index (χ1v) is 7.73. The Morgan fingerprint density at radius 2 is 1.82 bits per heavy atom. The predicted octanol–water partition coefficient (Wildman–Crippen LogP) is 1.41. The Hall–Kier alpha value is -2.21. The minimum absolute atomic E-state index is 0.837. The second-order valence-electron chi connectivity index (χ2n) is 5.47. The molecule has 6 nitrogen and oxygen atoms in total. The van der Waals surface area contributed by atoms with Crippen molar-refractivity contribution in [1.29, 1.82) is 0 Å². The summed E-state index contributed by atoms with van der Waals surface area (Å²) in [4.78, 5) is 17.8. The first-order valence-electron chi connectivity index (χ1n) is 7.73. The Kier molecular flexibility index (Phi) is 4.80. The van der Waals surface area contributed by atoms with E-state index in [1.54, 1.807) is 12.4 Å². The molecule has 0 atom stereocenters. The van der Waals surface area contributed by atoms with Gasteiger partial charge in [0.2, 0.25) is 5.95 Å². The average Bonchev–Trinajstić information content (AvgIpc) is 2.56. The maximum absolute atomic E-state index is 4.45. The van der Waals surface area contributed by atoms with Crippen molar-refractivity contribution in [3.8, 4) is 0 Å². The van der Waals surface area contributed by atoms with Gasteiger partial charge >= 0.3 is 0 Å². The van der Waals surface area contributed by atoms with Crippen molar-refractivity contribution in [1.82, 2.24) is 19.9 Å². The molecule has 0 amide bonds. The first-order chi connectivity index (χ1) is 10.8. The standard InChI is InChI=1S/C16H22N6/c1-14-4-2-5-15(20-14)17-8-9-21-10-12-22(13-11-21)16-18-6-3-7-19-16/h2-7H,8-13H2,1H3,(H,17,20). The van der Waals surface area contributed by atoms with Crippen molar-refractivity contribution in [3.05, 3.63) is 42.4 Å². The van der Waals surface area contributed by atoms with Gasteiger partial charge in [-0.3, -0.25) is 4.90 Å². The van der Waals surface area contributed by atoms with E-state index in [0.717, 1.165) is 56.7 Å². The monoisotopic (exact) mass is 298 g/mol. The normalized spacial score (nSPS) is 15.8. The fourth-order valence-electron chi connectivity index (χ4n) is 2.61. The van der Waals surface area contributed by atoms with Crippen LogP contribution in [0.25, 0.3) is 0 Å². The number of hydrogen-bond donors (Lipinski definition) is 1. The molecule has 1 fully saturated rings. The summed E-state index contributed by atoms with van der Waals surface area (Å²) in [5.74, 6) is 1.79. The SMILES string of the molecule is Cc1cccc(NCCN2CCN(c3ncccn3)CC2)n1.